The topological polar surface area (TPSA) is 121 Å². The average molecular weight is 628 g/mol. The van der Waals surface area contributed by atoms with E-state index in [1.807, 2.05) is 116 Å². The number of aliphatic hydroxyl groups is 2. The Bertz CT molecular complexity index is 1870. The fourth-order valence-electron chi connectivity index (χ4n) is 6.07. The van der Waals surface area contributed by atoms with E-state index in [-0.39, 0.29) is 25.0 Å². The lowest BCUT2D eigenvalue weighted by Crippen LogP contribution is -2.44. The van der Waals surface area contributed by atoms with Gasteiger partial charge in [-0.15, -0.1) is 5.10 Å². The van der Waals surface area contributed by atoms with Gasteiger partial charge in [-0.05, 0) is 47.9 Å². The molecule has 0 bridgehead atoms. The number of anilines is 2. The molecule has 3 atom stereocenters. The molecule has 2 amide bonds. The third-order valence-corrected chi connectivity index (χ3v) is 8.64. The first kappa shape index (κ1) is 31.6. The van der Waals surface area contributed by atoms with Crippen molar-refractivity contribution in [3.63, 3.8) is 0 Å². The van der Waals surface area contributed by atoms with Crippen molar-refractivity contribution in [2.75, 3.05) is 16.8 Å². The average Bonchev–Trinajstić information content (AvgIpc) is 3.65. The van der Waals surface area contributed by atoms with E-state index in [1.165, 1.54) is 0 Å². The van der Waals surface area contributed by atoms with E-state index in [4.69, 9.17) is 0 Å². The van der Waals surface area contributed by atoms with Crippen LogP contribution in [0, 0.1) is 5.92 Å². The normalized spacial score (nSPS) is 17.1. The molecule has 238 valence electrons. The number of aryl methyl sites for hydroxylation is 1. The number of benzene rings is 4. The molecule has 0 spiro atoms. The van der Waals surface area contributed by atoms with Crippen LogP contribution < -0.4 is 10.2 Å². The quantitative estimate of drug-likeness (QED) is 0.153. The summed E-state index contributed by atoms with van der Waals surface area (Å²) in [5.41, 5.74) is 3.14. The van der Waals surface area contributed by atoms with Crippen LogP contribution in [0.25, 0.3) is 0 Å². The Kier molecular flexibility index (Phi) is 9.37. The van der Waals surface area contributed by atoms with E-state index in [0.29, 0.717) is 41.2 Å². The van der Waals surface area contributed by atoms with Gasteiger partial charge < -0.3 is 20.4 Å². The molecule has 1 unspecified atom stereocenters. The van der Waals surface area contributed by atoms with Crippen molar-refractivity contribution in [1.82, 2.24) is 15.0 Å². The predicted molar refractivity (Wildman–Crippen MR) is 181 cm³/mol. The molecule has 5 aromatic rings. The molecule has 0 radical (unpaired) electrons. The molecule has 0 saturated carbocycles. The van der Waals surface area contributed by atoms with Gasteiger partial charge in [-0.2, -0.15) is 0 Å². The Labute approximate surface area is 273 Å². The van der Waals surface area contributed by atoms with Crippen LogP contribution in [0.3, 0.4) is 0 Å². The summed E-state index contributed by atoms with van der Waals surface area (Å²) in [7, 11) is 0. The number of hydrogen-bond donors (Lipinski definition) is 3. The highest BCUT2D eigenvalue weighted by atomic mass is 16.3. The second kappa shape index (κ2) is 13.9. The number of nitrogens with zero attached hydrogens (tertiary/aromatic N) is 4. The van der Waals surface area contributed by atoms with Crippen LogP contribution in [0.1, 0.15) is 52.0 Å². The molecule has 1 aliphatic rings. The molecule has 0 fully saturated rings. The van der Waals surface area contributed by atoms with Crippen LogP contribution in [-0.2, 0) is 23.5 Å². The SMILES string of the molecule is C[C@H](/C=C/CCn1cc(C(CO)c2ccccc2)nn1)[C@@]1(O)C(=O)N(Cc2cccc(NC(=O)c3ccccc3)c2)c2ccccc21. The van der Waals surface area contributed by atoms with Crippen molar-refractivity contribution in [2.24, 2.45) is 5.92 Å². The zero-order valence-corrected chi connectivity index (χ0v) is 26.1. The van der Waals surface area contributed by atoms with Crippen molar-refractivity contribution in [3.05, 3.63) is 155 Å². The maximum atomic E-state index is 14.0. The van der Waals surface area contributed by atoms with Gasteiger partial charge in [0.15, 0.2) is 5.60 Å². The molecule has 9 heteroatoms. The summed E-state index contributed by atoms with van der Waals surface area (Å²) in [6.07, 6.45) is 6.27. The fraction of sp³-hybridized carbons (Fsp3) is 0.211. The van der Waals surface area contributed by atoms with Crippen LogP contribution in [0.2, 0.25) is 0 Å². The molecular weight excluding hydrogens is 590 g/mol. The van der Waals surface area contributed by atoms with Gasteiger partial charge in [-0.25, -0.2) is 0 Å². The number of amides is 2. The summed E-state index contributed by atoms with van der Waals surface area (Å²) in [4.78, 5) is 28.3. The highest BCUT2D eigenvalue weighted by Gasteiger charge is 2.52. The predicted octanol–water partition coefficient (Wildman–Crippen LogP) is 5.67. The third kappa shape index (κ3) is 6.63. The maximum Gasteiger partial charge on any atom is 0.264 e. The molecule has 1 aliphatic heterocycles. The molecule has 9 nitrogen and oxygen atoms in total. The molecule has 47 heavy (non-hydrogen) atoms. The van der Waals surface area contributed by atoms with Gasteiger partial charge in [-0.3, -0.25) is 14.3 Å². The largest absolute Gasteiger partial charge is 0.395 e. The first-order chi connectivity index (χ1) is 22.9. The van der Waals surface area contributed by atoms with Gasteiger partial charge in [0.25, 0.3) is 11.8 Å². The summed E-state index contributed by atoms with van der Waals surface area (Å²) in [5, 5.41) is 33.4. The van der Waals surface area contributed by atoms with E-state index in [9.17, 15) is 19.8 Å². The molecule has 0 aliphatic carbocycles. The highest BCUT2D eigenvalue weighted by Crippen LogP contribution is 2.45. The lowest BCUT2D eigenvalue weighted by Gasteiger charge is -2.27. The minimum absolute atomic E-state index is 0.0680. The number of fused-ring (bicyclic) bond motifs is 1. The van der Waals surface area contributed by atoms with Crippen molar-refractivity contribution in [2.45, 2.75) is 38.0 Å². The van der Waals surface area contributed by atoms with Crippen LogP contribution in [0.5, 0.6) is 0 Å². The summed E-state index contributed by atoms with van der Waals surface area (Å²) in [5.74, 6) is -1.37. The van der Waals surface area contributed by atoms with Gasteiger partial charge in [0.2, 0.25) is 0 Å². The van der Waals surface area contributed by atoms with Gasteiger partial charge in [-0.1, -0.05) is 103 Å². The summed E-state index contributed by atoms with van der Waals surface area (Å²) < 4.78 is 1.73. The smallest absolute Gasteiger partial charge is 0.264 e. The van der Waals surface area contributed by atoms with Crippen molar-refractivity contribution in [3.8, 4) is 0 Å². The van der Waals surface area contributed by atoms with E-state index in [1.54, 1.807) is 27.8 Å². The Morgan fingerprint density at radius 2 is 1.68 bits per heavy atom. The van der Waals surface area contributed by atoms with Gasteiger partial charge in [0, 0.05) is 35.5 Å². The van der Waals surface area contributed by atoms with Crippen LogP contribution in [-0.4, -0.2) is 43.6 Å². The second-order valence-electron chi connectivity index (χ2n) is 11.8. The standard InChI is InChI=1S/C38H37N5O4/c1-27(13-10-11-22-42-25-34(40-41-42)32(26-44)29-15-4-2-5-16-29)38(47)33-20-8-9-21-35(33)43(37(38)46)24-28-14-12-19-31(23-28)39-36(45)30-17-6-3-7-18-30/h2-10,12-21,23,25,27,32,44,47H,11,22,24,26H2,1H3,(H,39,45)/b13-10+/t27-,32?,38+/m1/s1. The van der Waals surface area contributed by atoms with E-state index in [0.717, 1.165) is 11.1 Å². The minimum Gasteiger partial charge on any atom is -0.395 e. The summed E-state index contributed by atoms with van der Waals surface area (Å²) in [6.45, 7) is 2.56. The van der Waals surface area contributed by atoms with Gasteiger partial charge >= 0.3 is 0 Å². The number of aliphatic hydroxyl groups excluding tert-OH is 1. The van der Waals surface area contributed by atoms with Crippen LogP contribution >= 0.6 is 0 Å². The number of rotatable bonds is 12. The zero-order chi connectivity index (χ0) is 32.8. The number of carbonyl (C=O) groups excluding carboxylic acids is 2. The number of hydrogen-bond acceptors (Lipinski definition) is 6. The Hall–Kier alpha value is -5.38. The van der Waals surface area contributed by atoms with Crippen molar-refractivity contribution in [1.29, 1.82) is 0 Å². The first-order valence-corrected chi connectivity index (χ1v) is 15.7. The number of para-hydroxylation sites is 1. The molecule has 3 N–H and O–H groups in total. The zero-order valence-electron chi connectivity index (χ0n) is 26.1. The highest BCUT2D eigenvalue weighted by molar-refractivity contribution is 6.07. The first-order valence-electron chi connectivity index (χ1n) is 15.7. The molecule has 2 heterocycles. The van der Waals surface area contributed by atoms with Gasteiger partial charge in [0.1, 0.15) is 0 Å². The molecule has 4 aromatic carbocycles. The minimum atomic E-state index is -1.74. The maximum absolute atomic E-state index is 14.0. The number of allylic oxidation sites excluding steroid dienone is 1. The summed E-state index contributed by atoms with van der Waals surface area (Å²) >= 11 is 0. The lowest BCUT2D eigenvalue weighted by molar-refractivity contribution is -0.139. The second-order valence-corrected chi connectivity index (χ2v) is 11.8. The van der Waals surface area contributed by atoms with Crippen molar-refractivity contribution < 1.29 is 19.8 Å². The van der Waals surface area contributed by atoms with Crippen LogP contribution in [0.4, 0.5) is 11.4 Å². The summed E-state index contributed by atoms with van der Waals surface area (Å²) in [6, 6.07) is 33.4. The molecular formula is C38H37N5O4. The van der Waals surface area contributed by atoms with E-state index < -0.39 is 17.4 Å². The molecule has 1 aromatic heterocycles. The fourth-order valence-corrected chi connectivity index (χ4v) is 6.07. The number of aromatic nitrogens is 3. The lowest BCUT2D eigenvalue weighted by atomic mass is 9.83. The monoisotopic (exact) mass is 627 g/mol. The van der Waals surface area contributed by atoms with E-state index >= 15 is 0 Å². The Morgan fingerprint density at radius 3 is 2.45 bits per heavy atom. The molecule has 6 rings (SSSR count). The van der Waals surface area contributed by atoms with Crippen LogP contribution in [0.15, 0.2) is 128 Å². The Balaban J connectivity index is 1.12. The molecule has 0 saturated heterocycles. The Morgan fingerprint density at radius 1 is 0.957 bits per heavy atom. The van der Waals surface area contributed by atoms with Gasteiger partial charge in [0.05, 0.1) is 30.5 Å². The number of nitrogens with one attached hydrogen (secondary N) is 1. The third-order valence-electron chi connectivity index (χ3n) is 8.64. The number of carbonyl (C=O) groups is 2. The van der Waals surface area contributed by atoms with Crippen molar-refractivity contribution >= 4 is 23.2 Å². The van der Waals surface area contributed by atoms with E-state index in [2.05, 4.69) is 15.6 Å².